The minimum absolute atomic E-state index is 0.0521. The Hall–Kier alpha value is -1.10. The summed E-state index contributed by atoms with van der Waals surface area (Å²) in [6, 6.07) is -1.48. The summed E-state index contributed by atoms with van der Waals surface area (Å²) in [5.74, 6) is -1.36. The fourth-order valence-corrected chi connectivity index (χ4v) is 1.12. The van der Waals surface area contributed by atoms with Crippen LogP contribution < -0.4 is 11.1 Å². The van der Waals surface area contributed by atoms with E-state index in [1.54, 1.807) is 6.92 Å². The minimum atomic E-state index is -1.03. The van der Waals surface area contributed by atoms with Crippen molar-refractivity contribution in [2.45, 2.75) is 45.7 Å². The highest BCUT2D eigenvalue weighted by atomic mass is 16.4. The monoisotopic (exact) mass is 216 g/mol. The molecular formula is C10H20N2O3. The summed E-state index contributed by atoms with van der Waals surface area (Å²) in [4.78, 5) is 22.2. The van der Waals surface area contributed by atoms with Crippen molar-refractivity contribution in [3.8, 4) is 0 Å². The lowest BCUT2D eigenvalue weighted by Crippen LogP contribution is -2.50. The second-order valence-electron chi connectivity index (χ2n) is 3.72. The van der Waals surface area contributed by atoms with E-state index in [1.807, 2.05) is 13.8 Å². The number of nitrogens with two attached hydrogens (primary N) is 1. The van der Waals surface area contributed by atoms with Gasteiger partial charge in [0.05, 0.1) is 6.04 Å². The van der Waals surface area contributed by atoms with Gasteiger partial charge in [-0.25, -0.2) is 4.79 Å². The molecule has 4 N–H and O–H groups in total. The molecular weight excluding hydrogens is 196 g/mol. The highest BCUT2D eigenvalue weighted by Gasteiger charge is 2.24. The lowest BCUT2D eigenvalue weighted by atomic mass is 9.99. The Morgan fingerprint density at radius 1 is 1.33 bits per heavy atom. The van der Waals surface area contributed by atoms with Crippen LogP contribution in [0.5, 0.6) is 0 Å². The zero-order valence-electron chi connectivity index (χ0n) is 9.49. The van der Waals surface area contributed by atoms with Crippen LogP contribution in [0, 0.1) is 5.92 Å². The predicted octanol–water partition coefficient (Wildman–Crippen LogP) is 0.339. The zero-order valence-corrected chi connectivity index (χ0v) is 9.49. The summed E-state index contributed by atoms with van der Waals surface area (Å²) in [7, 11) is 0. The van der Waals surface area contributed by atoms with Crippen LogP contribution >= 0.6 is 0 Å². The van der Waals surface area contributed by atoms with Gasteiger partial charge >= 0.3 is 5.97 Å². The van der Waals surface area contributed by atoms with Gasteiger partial charge in [-0.1, -0.05) is 27.2 Å². The average Bonchev–Trinajstić information content (AvgIpc) is 2.22. The number of amides is 1. The summed E-state index contributed by atoms with van der Waals surface area (Å²) in [6.07, 6.45) is 1.15. The fourth-order valence-electron chi connectivity index (χ4n) is 1.12. The van der Waals surface area contributed by atoms with Crippen molar-refractivity contribution in [1.82, 2.24) is 5.32 Å². The Morgan fingerprint density at radius 3 is 2.20 bits per heavy atom. The SMILES string of the molecule is CC[C@@H](NC(=O)[C@@H](N)[C@@H](C)CC)C(=O)O. The van der Waals surface area contributed by atoms with E-state index in [-0.39, 0.29) is 5.92 Å². The maximum atomic E-state index is 11.5. The van der Waals surface area contributed by atoms with E-state index < -0.39 is 24.0 Å². The van der Waals surface area contributed by atoms with Crippen LogP contribution in [0.1, 0.15) is 33.6 Å². The zero-order chi connectivity index (χ0) is 12.0. The van der Waals surface area contributed by atoms with Crippen molar-refractivity contribution >= 4 is 11.9 Å². The van der Waals surface area contributed by atoms with E-state index in [4.69, 9.17) is 10.8 Å². The van der Waals surface area contributed by atoms with Crippen LogP contribution in [0.25, 0.3) is 0 Å². The van der Waals surface area contributed by atoms with Crippen LogP contribution in [0.4, 0.5) is 0 Å². The van der Waals surface area contributed by atoms with Crippen LogP contribution in [-0.4, -0.2) is 29.1 Å². The molecule has 0 heterocycles. The topological polar surface area (TPSA) is 92.4 Å². The second kappa shape index (κ2) is 6.40. The molecule has 5 heteroatoms. The number of carboxylic acid groups (broad SMARTS) is 1. The molecule has 0 aromatic rings. The first-order valence-corrected chi connectivity index (χ1v) is 5.22. The fraction of sp³-hybridized carbons (Fsp3) is 0.800. The third-order valence-electron chi connectivity index (χ3n) is 2.58. The number of carbonyl (C=O) groups excluding carboxylic acids is 1. The summed E-state index contributed by atoms with van der Waals surface area (Å²) in [5.41, 5.74) is 5.67. The van der Waals surface area contributed by atoms with Crippen LogP contribution in [0.15, 0.2) is 0 Å². The van der Waals surface area contributed by atoms with E-state index in [2.05, 4.69) is 5.32 Å². The van der Waals surface area contributed by atoms with Gasteiger partial charge in [-0.05, 0) is 12.3 Å². The van der Waals surface area contributed by atoms with Gasteiger partial charge in [0.25, 0.3) is 0 Å². The van der Waals surface area contributed by atoms with Crippen LogP contribution in [-0.2, 0) is 9.59 Å². The molecule has 0 spiro atoms. The lowest BCUT2D eigenvalue weighted by Gasteiger charge is -2.20. The number of hydrogen-bond donors (Lipinski definition) is 3. The van der Waals surface area contributed by atoms with E-state index in [1.165, 1.54) is 0 Å². The molecule has 0 fully saturated rings. The van der Waals surface area contributed by atoms with Gasteiger partial charge in [0.15, 0.2) is 0 Å². The highest BCUT2D eigenvalue weighted by molar-refractivity contribution is 5.86. The molecule has 3 atom stereocenters. The molecule has 0 saturated heterocycles. The maximum Gasteiger partial charge on any atom is 0.326 e. The Labute approximate surface area is 90.0 Å². The Bertz CT molecular complexity index is 231. The largest absolute Gasteiger partial charge is 0.480 e. The predicted molar refractivity (Wildman–Crippen MR) is 57.3 cm³/mol. The van der Waals surface area contributed by atoms with Gasteiger partial charge in [-0.3, -0.25) is 4.79 Å². The molecule has 0 aliphatic rings. The summed E-state index contributed by atoms with van der Waals surface area (Å²) in [6.45, 7) is 5.51. The molecule has 0 aromatic carbocycles. The van der Waals surface area contributed by atoms with E-state index in [0.717, 1.165) is 6.42 Å². The van der Waals surface area contributed by atoms with E-state index in [0.29, 0.717) is 6.42 Å². The molecule has 88 valence electrons. The number of hydrogen-bond acceptors (Lipinski definition) is 3. The van der Waals surface area contributed by atoms with Gasteiger partial charge in [0, 0.05) is 0 Å². The second-order valence-corrected chi connectivity index (χ2v) is 3.72. The summed E-state index contributed by atoms with van der Waals surface area (Å²) < 4.78 is 0. The quantitative estimate of drug-likeness (QED) is 0.597. The van der Waals surface area contributed by atoms with Crippen molar-refractivity contribution in [3.05, 3.63) is 0 Å². The van der Waals surface area contributed by atoms with Gasteiger partial charge in [-0.15, -0.1) is 0 Å². The van der Waals surface area contributed by atoms with Gasteiger partial charge in [0.2, 0.25) is 5.91 Å². The molecule has 0 bridgehead atoms. The lowest BCUT2D eigenvalue weighted by molar-refractivity contribution is -0.142. The average molecular weight is 216 g/mol. The maximum absolute atomic E-state index is 11.5. The van der Waals surface area contributed by atoms with Crippen LogP contribution in [0.2, 0.25) is 0 Å². The van der Waals surface area contributed by atoms with Crippen molar-refractivity contribution in [3.63, 3.8) is 0 Å². The van der Waals surface area contributed by atoms with Crippen molar-refractivity contribution in [2.75, 3.05) is 0 Å². The molecule has 1 amide bonds. The molecule has 0 radical (unpaired) electrons. The molecule has 0 rings (SSSR count). The molecule has 5 nitrogen and oxygen atoms in total. The molecule has 0 unspecified atom stereocenters. The first-order chi connectivity index (χ1) is 6.93. The molecule has 0 aliphatic carbocycles. The van der Waals surface area contributed by atoms with Gasteiger partial charge in [-0.2, -0.15) is 0 Å². The van der Waals surface area contributed by atoms with E-state index in [9.17, 15) is 9.59 Å². The van der Waals surface area contributed by atoms with Crippen molar-refractivity contribution in [1.29, 1.82) is 0 Å². The molecule has 15 heavy (non-hydrogen) atoms. The van der Waals surface area contributed by atoms with Crippen LogP contribution in [0.3, 0.4) is 0 Å². The molecule has 0 aliphatic heterocycles. The van der Waals surface area contributed by atoms with E-state index >= 15 is 0 Å². The first kappa shape index (κ1) is 13.9. The normalized spacial score (nSPS) is 16.5. The number of carboxylic acids is 1. The number of aliphatic carboxylic acids is 1. The molecule has 0 saturated carbocycles. The Balaban J connectivity index is 4.28. The Morgan fingerprint density at radius 2 is 1.87 bits per heavy atom. The minimum Gasteiger partial charge on any atom is -0.480 e. The third-order valence-corrected chi connectivity index (χ3v) is 2.58. The third kappa shape index (κ3) is 4.29. The standard InChI is InChI=1S/C10H20N2O3/c1-4-6(3)8(11)9(13)12-7(5-2)10(14)15/h6-8H,4-5,11H2,1-3H3,(H,12,13)(H,14,15)/t6-,7+,8-/m0/s1. The summed E-state index contributed by atoms with van der Waals surface area (Å²) in [5, 5.41) is 11.2. The Kier molecular flexibility index (Phi) is 5.93. The van der Waals surface area contributed by atoms with Gasteiger partial charge < -0.3 is 16.2 Å². The first-order valence-electron chi connectivity index (χ1n) is 5.22. The van der Waals surface area contributed by atoms with Crippen molar-refractivity contribution < 1.29 is 14.7 Å². The number of rotatable bonds is 6. The summed E-state index contributed by atoms with van der Waals surface area (Å²) >= 11 is 0. The molecule has 0 aromatic heterocycles. The highest BCUT2D eigenvalue weighted by Crippen LogP contribution is 2.05. The smallest absolute Gasteiger partial charge is 0.326 e. The van der Waals surface area contributed by atoms with Crippen molar-refractivity contribution in [2.24, 2.45) is 11.7 Å². The number of nitrogens with one attached hydrogen (secondary N) is 1. The number of carbonyl (C=O) groups is 2. The van der Waals surface area contributed by atoms with Gasteiger partial charge in [0.1, 0.15) is 6.04 Å².